The Kier molecular flexibility index (Phi) is 3.80. The van der Waals surface area contributed by atoms with Crippen molar-refractivity contribution < 1.29 is 0 Å². The Morgan fingerprint density at radius 2 is 2.17 bits per heavy atom. The van der Waals surface area contributed by atoms with Crippen molar-refractivity contribution in [1.29, 1.82) is 0 Å². The van der Waals surface area contributed by atoms with E-state index in [0.29, 0.717) is 0 Å². The Morgan fingerprint density at radius 1 is 1.50 bits per heavy atom. The van der Waals surface area contributed by atoms with E-state index in [1.54, 1.807) is 0 Å². The van der Waals surface area contributed by atoms with Crippen LogP contribution in [0.4, 0.5) is 0 Å². The fourth-order valence-electron chi connectivity index (χ4n) is 1.76. The molecule has 1 saturated carbocycles. The molecule has 12 heavy (non-hydrogen) atoms. The maximum atomic E-state index is 3.70. The minimum Gasteiger partial charge on any atom is -0.314 e. The first kappa shape index (κ1) is 9.79. The molecule has 0 atom stereocenters. The number of nitrogens with one attached hydrogen (secondary N) is 1. The van der Waals surface area contributed by atoms with Crippen molar-refractivity contribution in [3.05, 3.63) is 12.7 Å². The van der Waals surface area contributed by atoms with Crippen LogP contribution in [-0.4, -0.2) is 12.6 Å². The predicted octanol–water partition coefficient (Wildman–Crippen LogP) is 2.59. The second-order valence-electron chi connectivity index (χ2n) is 4.20. The fraction of sp³-hybridized carbons (Fsp3) is 0.818. The average Bonchev–Trinajstić information content (AvgIpc) is 1.93. The molecule has 0 amide bonds. The zero-order valence-corrected chi connectivity index (χ0v) is 8.34. The van der Waals surface area contributed by atoms with Crippen LogP contribution < -0.4 is 5.32 Å². The molecule has 0 aromatic heterocycles. The van der Waals surface area contributed by atoms with Gasteiger partial charge in [-0.05, 0) is 37.6 Å². The molecule has 0 bridgehead atoms. The molecular weight excluding hydrogens is 146 g/mol. The summed E-state index contributed by atoms with van der Waals surface area (Å²) in [7, 11) is 0. The van der Waals surface area contributed by atoms with E-state index >= 15 is 0 Å². The summed E-state index contributed by atoms with van der Waals surface area (Å²) in [4.78, 5) is 0. The minimum absolute atomic E-state index is 0.803. The third-order valence-electron chi connectivity index (χ3n) is 2.90. The summed E-state index contributed by atoms with van der Waals surface area (Å²) in [5.41, 5.74) is 0. The van der Waals surface area contributed by atoms with E-state index in [-0.39, 0.29) is 0 Å². The van der Waals surface area contributed by atoms with Crippen LogP contribution in [0.3, 0.4) is 0 Å². The summed E-state index contributed by atoms with van der Waals surface area (Å²) in [6, 6.07) is 0.803. The van der Waals surface area contributed by atoms with E-state index in [1.807, 2.05) is 6.08 Å². The molecule has 1 nitrogen and oxygen atoms in total. The van der Waals surface area contributed by atoms with E-state index in [0.717, 1.165) is 30.8 Å². The molecule has 0 unspecified atom stereocenters. The van der Waals surface area contributed by atoms with Gasteiger partial charge in [-0.2, -0.15) is 0 Å². The lowest BCUT2D eigenvalue weighted by molar-refractivity contribution is 0.170. The number of rotatable bonds is 5. The SMILES string of the molecule is C=CCCNC1CC(C(C)C)C1. The first-order valence-electron chi connectivity index (χ1n) is 5.08. The number of hydrogen-bond acceptors (Lipinski definition) is 1. The highest BCUT2D eigenvalue weighted by Crippen LogP contribution is 2.33. The zero-order valence-electron chi connectivity index (χ0n) is 8.34. The van der Waals surface area contributed by atoms with Crippen LogP contribution in [0.25, 0.3) is 0 Å². The molecule has 0 aliphatic heterocycles. The summed E-state index contributed by atoms with van der Waals surface area (Å²) in [5.74, 6) is 1.86. The standard InChI is InChI=1S/C11H21N/c1-4-5-6-12-11-7-10(8-11)9(2)3/h4,9-12H,1,5-8H2,2-3H3. The van der Waals surface area contributed by atoms with Crippen LogP contribution in [0.2, 0.25) is 0 Å². The molecule has 0 aromatic rings. The van der Waals surface area contributed by atoms with Crippen LogP contribution in [0, 0.1) is 11.8 Å². The summed E-state index contributed by atoms with van der Waals surface area (Å²) in [6.45, 7) is 9.46. The third kappa shape index (κ3) is 2.63. The topological polar surface area (TPSA) is 12.0 Å². The quantitative estimate of drug-likeness (QED) is 0.490. The summed E-state index contributed by atoms with van der Waals surface area (Å²) in [6.07, 6.45) is 5.85. The molecule has 0 radical (unpaired) electrons. The molecule has 0 spiro atoms. The molecule has 1 heteroatoms. The van der Waals surface area contributed by atoms with E-state index in [9.17, 15) is 0 Å². The average molecular weight is 167 g/mol. The highest BCUT2D eigenvalue weighted by Gasteiger charge is 2.30. The summed E-state index contributed by atoms with van der Waals surface area (Å²) in [5, 5.41) is 3.53. The highest BCUT2D eigenvalue weighted by atomic mass is 14.9. The summed E-state index contributed by atoms with van der Waals surface area (Å²) < 4.78 is 0. The summed E-state index contributed by atoms with van der Waals surface area (Å²) >= 11 is 0. The maximum absolute atomic E-state index is 3.70. The molecule has 70 valence electrons. The highest BCUT2D eigenvalue weighted by molar-refractivity contribution is 4.86. The molecule has 1 fully saturated rings. The fourth-order valence-corrected chi connectivity index (χ4v) is 1.76. The molecule has 1 rings (SSSR count). The van der Waals surface area contributed by atoms with Crippen LogP contribution in [0.1, 0.15) is 33.1 Å². The second kappa shape index (κ2) is 4.66. The maximum Gasteiger partial charge on any atom is 0.00726 e. The van der Waals surface area contributed by atoms with Crippen molar-refractivity contribution in [3.63, 3.8) is 0 Å². The first-order chi connectivity index (χ1) is 5.74. The van der Waals surface area contributed by atoms with Gasteiger partial charge >= 0.3 is 0 Å². The Hall–Kier alpha value is -0.300. The third-order valence-corrected chi connectivity index (χ3v) is 2.90. The van der Waals surface area contributed by atoms with Crippen LogP contribution in [-0.2, 0) is 0 Å². The van der Waals surface area contributed by atoms with E-state index in [1.165, 1.54) is 12.8 Å². The first-order valence-corrected chi connectivity index (χ1v) is 5.08. The number of hydrogen-bond donors (Lipinski definition) is 1. The molecule has 1 aliphatic carbocycles. The van der Waals surface area contributed by atoms with Gasteiger partial charge in [-0.1, -0.05) is 19.9 Å². The van der Waals surface area contributed by atoms with Crippen molar-refractivity contribution in [3.8, 4) is 0 Å². The van der Waals surface area contributed by atoms with Gasteiger partial charge in [-0.25, -0.2) is 0 Å². The minimum atomic E-state index is 0.803. The monoisotopic (exact) mass is 167 g/mol. The lowest BCUT2D eigenvalue weighted by Gasteiger charge is -2.38. The van der Waals surface area contributed by atoms with Crippen molar-refractivity contribution >= 4 is 0 Å². The molecule has 1 N–H and O–H groups in total. The van der Waals surface area contributed by atoms with Gasteiger partial charge in [0.25, 0.3) is 0 Å². The van der Waals surface area contributed by atoms with Gasteiger partial charge in [0.15, 0.2) is 0 Å². The molecule has 0 saturated heterocycles. The van der Waals surface area contributed by atoms with Gasteiger partial charge in [0.05, 0.1) is 0 Å². The van der Waals surface area contributed by atoms with Crippen LogP contribution >= 0.6 is 0 Å². The van der Waals surface area contributed by atoms with Gasteiger partial charge in [0.2, 0.25) is 0 Å². The Labute approximate surface area is 76.2 Å². The van der Waals surface area contributed by atoms with Crippen molar-refractivity contribution in [2.24, 2.45) is 11.8 Å². The molecule has 1 aliphatic rings. The Bertz CT molecular complexity index is 134. The molecule has 0 heterocycles. The van der Waals surface area contributed by atoms with Gasteiger partial charge in [0, 0.05) is 6.04 Å². The van der Waals surface area contributed by atoms with Gasteiger partial charge in [0.1, 0.15) is 0 Å². The van der Waals surface area contributed by atoms with Gasteiger partial charge in [-0.15, -0.1) is 6.58 Å². The van der Waals surface area contributed by atoms with Crippen LogP contribution in [0.5, 0.6) is 0 Å². The second-order valence-corrected chi connectivity index (χ2v) is 4.20. The van der Waals surface area contributed by atoms with E-state index in [2.05, 4.69) is 25.7 Å². The lowest BCUT2D eigenvalue weighted by atomic mass is 9.74. The Morgan fingerprint density at radius 3 is 2.67 bits per heavy atom. The lowest BCUT2D eigenvalue weighted by Crippen LogP contribution is -2.43. The van der Waals surface area contributed by atoms with E-state index in [4.69, 9.17) is 0 Å². The van der Waals surface area contributed by atoms with Gasteiger partial charge in [-0.3, -0.25) is 0 Å². The molecular formula is C11H21N. The van der Waals surface area contributed by atoms with Crippen molar-refractivity contribution in [2.45, 2.75) is 39.2 Å². The smallest absolute Gasteiger partial charge is 0.00726 e. The van der Waals surface area contributed by atoms with Crippen LogP contribution in [0.15, 0.2) is 12.7 Å². The Balaban J connectivity index is 1.98. The normalized spacial score (nSPS) is 28.6. The predicted molar refractivity (Wildman–Crippen MR) is 54.2 cm³/mol. The zero-order chi connectivity index (χ0) is 8.97. The van der Waals surface area contributed by atoms with Gasteiger partial charge < -0.3 is 5.32 Å². The largest absolute Gasteiger partial charge is 0.314 e. The van der Waals surface area contributed by atoms with Crippen molar-refractivity contribution in [1.82, 2.24) is 5.32 Å². The van der Waals surface area contributed by atoms with E-state index < -0.39 is 0 Å². The van der Waals surface area contributed by atoms with Crippen molar-refractivity contribution in [2.75, 3.05) is 6.54 Å². The molecule has 0 aromatic carbocycles.